The molecule has 0 aliphatic heterocycles. The topological polar surface area (TPSA) is 122 Å². The van der Waals surface area contributed by atoms with Gasteiger partial charge in [0.1, 0.15) is 0 Å². The number of thiazole rings is 1. The van der Waals surface area contributed by atoms with E-state index in [1.54, 1.807) is 0 Å². The van der Waals surface area contributed by atoms with Gasteiger partial charge >= 0.3 is 6.09 Å². The predicted molar refractivity (Wildman–Crippen MR) is 94.0 cm³/mol. The first kappa shape index (κ1) is 17.7. The van der Waals surface area contributed by atoms with E-state index in [-0.39, 0.29) is 19.1 Å². The fraction of sp³-hybridized carbons (Fsp3) is 0.267. The van der Waals surface area contributed by atoms with Crippen molar-refractivity contribution in [1.29, 1.82) is 0 Å². The molecule has 8 nitrogen and oxygen atoms in total. The Bertz CT molecular complexity index is 717. The first-order chi connectivity index (χ1) is 11.6. The molecule has 0 bridgehead atoms. The molecule has 0 aliphatic carbocycles. The minimum atomic E-state index is -0.474. The number of rotatable bonds is 6. The van der Waals surface area contributed by atoms with Gasteiger partial charge in [0.05, 0.1) is 26.0 Å². The number of amides is 1. The first-order valence-corrected chi connectivity index (χ1v) is 8.05. The van der Waals surface area contributed by atoms with Gasteiger partial charge in [0.15, 0.2) is 11.1 Å². The molecule has 0 radical (unpaired) electrons. The number of benzene rings is 1. The molecule has 9 heteroatoms. The minimum Gasteiger partial charge on any atom is -0.453 e. The van der Waals surface area contributed by atoms with E-state index in [1.165, 1.54) is 18.4 Å². The summed E-state index contributed by atoms with van der Waals surface area (Å²) in [4.78, 5) is 19.5. The number of guanidine groups is 1. The standard InChI is InChI=1S/C15H19N5O3S/c1-23-15(22)18-8-10-3-2-4-11(7-10)12-9-24-14(19-12)20-13(16)17-5-6-21/h2-4,7,9,21H,5-6,8H2,1H3,(H,18,22)(H3,16,17,19,20). The number of nitrogens with zero attached hydrogens (tertiary/aromatic N) is 2. The Kier molecular flexibility index (Phi) is 6.52. The van der Waals surface area contributed by atoms with E-state index >= 15 is 0 Å². The second-order valence-electron chi connectivity index (χ2n) is 4.70. The number of methoxy groups -OCH3 is 1. The number of hydrogen-bond donors (Lipinski definition) is 4. The molecule has 0 unspecified atom stereocenters. The SMILES string of the molecule is COC(=O)NCc1cccc(-c2csc(NC(N)=NCCO)n2)c1. The van der Waals surface area contributed by atoms with E-state index in [0.29, 0.717) is 11.7 Å². The van der Waals surface area contributed by atoms with Crippen LogP contribution in [0.2, 0.25) is 0 Å². The monoisotopic (exact) mass is 349 g/mol. The van der Waals surface area contributed by atoms with Crippen LogP contribution in [0.4, 0.5) is 9.93 Å². The fourth-order valence-electron chi connectivity index (χ4n) is 1.87. The molecule has 0 fully saturated rings. The van der Waals surface area contributed by atoms with Crippen LogP contribution in [-0.4, -0.2) is 42.4 Å². The van der Waals surface area contributed by atoms with E-state index in [4.69, 9.17) is 10.8 Å². The highest BCUT2D eigenvalue weighted by molar-refractivity contribution is 7.14. The van der Waals surface area contributed by atoms with Gasteiger partial charge < -0.3 is 26.2 Å². The highest BCUT2D eigenvalue weighted by atomic mass is 32.1. The van der Waals surface area contributed by atoms with Gasteiger partial charge in [-0.25, -0.2) is 9.78 Å². The summed E-state index contributed by atoms with van der Waals surface area (Å²) in [6.07, 6.45) is -0.474. The van der Waals surface area contributed by atoms with Crippen molar-refractivity contribution >= 4 is 28.5 Å². The molecule has 1 amide bonds. The highest BCUT2D eigenvalue weighted by Gasteiger charge is 2.07. The first-order valence-electron chi connectivity index (χ1n) is 7.17. The average Bonchev–Trinajstić information content (AvgIpc) is 3.06. The zero-order chi connectivity index (χ0) is 17.4. The molecule has 24 heavy (non-hydrogen) atoms. The van der Waals surface area contributed by atoms with E-state index in [0.717, 1.165) is 16.8 Å². The Morgan fingerprint density at radius 2 is 2.33 bits per heavy atom. The van der Waals surface area contributed by atoms with Crippen molar-refractivity contribution in [1.82, 2.24) is 10.3 Å². The summed E-state index contributed by atoms with van der Waals surface area (Å²) >= 11 is 1.40. The van der Waals surface area contributed by atoms with Gasteiger partial charge in [0.25, 0.3) is 0 Å². The third-order valence-corrected chi connectivity index (χ3v) is 3.72. The number of hydrogen-bond acceptors (Lipinski definition) is 6. The van der Waals surface area contributed by atoms with Crippen molar-refractivity contribution in [3.63, 3.8) is 0 Å². The van der Waals surface area contributed by atoms with Crippen LogP contribution >= 0.6 is 11.3 Å². The van der Waals surface area contributed by atoms with Gasteiger partial charge in [0, 0.05) is 17.5 Å². The number of carbonyl (C=O) groups excluding carboxylic acids is 1. The number of aliphatic imine (C=N–C) groups is 1. The lowest BCUT2D eigenvalue weighted by molar-refractivity contribution is 0.170. The maximum atomic E-state index is 11.1. The van der Waals surface area contributed by atoms with Crippen LogP contribution in [0.25, 0.3) is 11.3 Å². The number of ether oxygens (including phenoxy) is 1. The molecule has 0 atom stereocenters. The van der Waals surface area contributed by atoms with Crippen molar-refractivity contribution < 1.29 is 14.6 Å². The van der Waals surface area contributed by atoms with E-state index in [9.17, 15) is 4.79 Å². The second-order valence-corrected chi connectivity index (χ2v) is 5.56. The van der Waals surface area contributed by atoms with Crippen LogP contribution in [0, 0.1) is 0 Å². The molecule has 1 heterocycles. The molecule has 1 aromatic heterocycles. The van der Waals surface area contributed by atoms with Crippen LogP contribution < -0.4 is 16.4 Å². The van der Waals surface area contributed by atoms with Crippen molar-refractivity contribution in [2.24, 2.45) is 10.7 Å². The highest BCUT2D eigenvalue weighted by Crippen LogP contribution is 2.25. The molecule has 0 saturated heterocycles. The van der Waals surface area contributed by atoms with Crippen LogP contribution in [0.5, 0.6) is 0 Å². The molecular formula is C15H19N5O3S. The lowest BCUT2D eigenvalue weighted by atomic mass is 10.1. The predicted octanol–water partition coefficient (Wildman–Crippen LogP) is 1.39. The van der Waals surface area contributed by atoms with E-state index in [2.05, 4.69) is 25.3 Å². The Hall–Kier alpha value is -2.65. The molecule has 0 saturated carbocycles. The summed E-state index contributed by atoms with van der Waals surface area (Å²) in [5, 5.41) is 16.7. The van der Waals surface area contributed by atoms with Gasteiger partial charge in [-0.05, 0) is 11.6 Å². The summed E-state index contributed by atoms with van der Waals surface area (Å²) < 4.78 is 4.55. The Morgan fingerprint density at radius 3 is 3.08 bits per heavy atom. The summed E-state index contributed by atoms with van der Waals surface area (Å²) in [6, 6.07) is 7.68. The molecular weight excluding hydrogens is 330 g/mol. The van der Waals surface area contributed by atoms with Crippen LogP contribution in [0.15, 0.2) is 34.6 Å². The zero-order valence-corrected chi connectivity index (χ0v) is 14.0. The maximum Gasteiger partial charge on any atom is 0.407 e. The van der Waals surface area contributed by atoms with Crippen LogP contribution in [0.1, 0.15) is 5.56 Å². The summed E-state index contributed by atoms with van der Waals surface area (Å²) in [5.41, 5.74) is 8.34. The Morgan fingerprint density at radius 1 is 1.50 bits per heavy atom. The summed E-state index contributed by atoms with van der Waals surface area (Å²) in [6.45, 7) is 0.556. The molecule has 0 spiro atoms. The zero-order valence-electron chi connectivity index (χ0n) is 13.2. The van der Waals surface area contributed by atoms with Crippen LogP contribution in [-0.2, 0) is 11.3 Å². The van der Waals surface area contributed by atoms with Gasteiger partial charge in [-0.2, -0.15) is 0 Å². The van der Waals surface area contributed by atoms with Gasteiger partial charge in [0.2, 0.25) is 0 Å². The number of aliphatic hydroxyl groups excluding tert-OH is 1. The second kappa shape index (κ2) is 8.85. The number of carbonyl (C=O) groups is 1. The minimum absolute atomic E-state index is 0.0576. The van der Waals surface area contributed by atoms with Gasteiger partial charge in [-0.1, -0.05) is 18.2 Å². The van der Waals surface area contributed by atoms with E-state index < -0.39 is 6.09 Å². The number of nitrogens with two attached hydrogens (primary N) is 1. The molecule has 1 aromatic carbocycles. The number of aromatic nitrogens is 1. The van der Waals surface area contributed by atoms with Crippen molar-refractivity contribution in [3.05, 3.63) is 35.2 Å². The third kappa shape index (κ3) is 5.21. The number of aliphatic hydroxyl groups is 1. The lowest BCUT2D eigenvalue weighted by Gasteiger charge is -2.05. The van der Waals surface area contributed by atoms with Crippen molar-refractivity contribution in [2.75, 3.05) is 25.6 Å². The molecule has 0 aliphatic rings. The quantitative estimate of drug-likeness (QED) is 0.462. The summed E-state index contributed by atoms with van der Waals surface area (Å²) in [7, 11) is 1.32. The van der Waals surface area contributed by atoms with Crippen molar-refractivity contribution in [2.45, 2.75) is 6.54 Å². The fourth-order valence-corrected chi connectivity index (χ4v) is 2.60. The van der Waals surface area contributed by atoms with Crippen molar-refractivity contribution in [3.8, 4) is 11.3 Å². The van der Waals surface area contributed by atoms with Gasteiger partial charge in [-0.15, -0.1) is 11.3 Å². The Labute approximate surface area is 143 Å². The molecule has 5 N–H and O–H groups in total. The van der Waals surface area contributed by atoms with Gasteiger partial charge in [-0.3, -0.25) is 4.99 Å². The maximum absolute atomic E-state index is 11.1. The molecule has 2 rings (SSSR count). The normalized spacial score (nSPS) is 11.2. The number of alkyl carbamates (subject to hydrolysis) is 1. The molecule has 128 valence electrons. The molecule has 2 aromatic rings. The lowest BCUT2D eigenvalue weighted by Crippen LogP contribution is -2.23. The smallest absolute Gasteiger partial charge is 0.407 e. The largest absolute Gasteiger partial charge is 0.453 e. The summed E-state index contributed by atoms with van der Waals surface area (Å²) in [5.74, 6) is 0.209. The Balaban J connectivity index is 2.05. The van der Waals surface area contributed by atoms with Crippen LogP contribution in [0.3, 0.4) is 0 Å². The number of anilines is 1. The average molecular weight is 349 g/mol. The number of nitrogens with one attached hydrogen (secondary N) is 2. The third-order valence-electron chi connectivity index (χ3n) is 2.97. The van der Waals surface area contributed by atoms with E-state index in [1.807, 2.05) is 29.6 Å².